The summed E-state index contributed by atoms with van der Waals surface area (Å²) in [6.07, 6.45) is 0. The van der Waals surface area contributed by atoms with Gasteiger partial charge in [-0.05, 0) is 49.7 Å². The molecular formula is C24H23N3O4S. The van der Waals surface area contributed by atoms with Crippen molar-refractivity contribution >= 4 is 38.2 Å². The molecule has 0 aliphatic rings. The summed E-state index contributed by atoms with van der Waals surface area (Å²) in [7, 11) is -2.45. The molecule has 0 unspecified atom stereocenters. The highest BCUT2D eigenvalue weighted by Crippen LogP contribution is 2.29. The van der Waals surface area contributed by atoms with Gasteiger partial charge in [-0.3, -0.25) is 9.52 Å². The van der Waals surface area contributed by atoms with E-state index in [1.807, 2.05) is 31.2 Å². The van der Waals surface area contributed by atoms with Crippen LogP contribution in [0.1, 0.15) is 21.6 Å². The Labute approximate surface area is 186 Å². The molecule has 1 amide bonds. The fraction of sp³-hybridized carbons (Fsp3) is 0.125. The predicted molar refractivity (Wildman–Crippen MR) is 126 cm³/mol. The largest absolute Gasteiger partial charge is 0.495 e. The van der Waals surface area contributed by atoms with E-state index in [1.165, 1.54) is 13.2 Å². The molecular weight excluding hydrogens is 426 g/mol. The Morgan fingerprint density at radius 2 is 1.69 bits per heavy atom. The van der Waals surface area contributed by atoms with Gasteiger partial charge >= 0.3 is 0 Å². The highest BCUT2D eigenvalue weighted by atomic mass is 32.2. The highest BCUT2D eigenvalue weighted by molar-refractivity contribution is 7.92. The number of H-pyrrole nitrogens is 1. The van der Waals surface area contributed by atoms with E-state index in [4.69, 9.17) is 4.74 Å². The third-order valence-electron chi connectivity index (χ3n) is 5.21. The molecule has 7 nitrogen and oxygen atoms in total. The fourth-order valence-electron chi connectivity index (χ4n) is 3.66. The topological polar surface area (TPSA) is 100 Å². The maximum Gasteiger partial charge on any atom is 0.262 e. The number of carbonyl (C=O) groups is 1. The Bertz CT molecular complexity index is 1420. The van der Waals surface area contributed by atoms with E-state index in [0.717, 1.165) is 16.6 Å². The molecule has 0 aliphatic carbocycles. The zero-order chi connectivity index (χ0) is 22.9. The highest BCUT2D eigenvalue weighted by Gasteiger charge is 2.21. The van der Waals surface area contributed by atoms with Crippen molar-refractivity contribution in [2.45, 2.75) is 18.7 Å². The van der Waals surface area contributed by atoms with Gasteiger partial charge in [0.15, 0.2) is 0 Å². The van der Waals surface area contributed by atoms with Gasteiger partial charge in [0, 0.05) is 22.3 Å². The van der Waals surface area contributed by atoms with Crippen molar-refractivity contribution in [3.8, 4) is 5.75 Å². The van der Waals surface area contributed by atoms with Gasteiger partial charge in [0.25, 0.3) is 15.9 Å². The molecule has 32 heavy (non-hydrogen) atoms. The van der Waals surface area contributed by atoms with Crippen molar-refractivity contribution in [2.24, 2.45) is 0 Å². The zero-order valence-electron chi connectivity index (χ0n) is 17.9. The molecule has 4 rings (SSSR count). The van der Waals surface area contributed by atoms with Crippen molar-refractivity contribution in [1.29, 1.82) is 0 Å². The Kier molecular flexibility index (Phi) is 5.63. The van der Waals surface area contributed by atoms with Crippen LogP contribution in [0.4, 0.5) is 11.4 Å². The summed E-state index contributed by atoms with van der Waals surface area (Å²) in [6.45, 7) is 3.53. The van der Waals surface area contributed by atoms with E-state index in [-0.39, 0.29) is 10.8 Å². The number of rotatable bonds is 6. The minimum absolute atomic E-state index is 0.0665. The van der Waals surface area contributed by atoms with E-state index < -0.39 is 10.0 Å². The van der Waals surface area contributed by atoms with Crippen LogP contribution in [-0.4, -0.2) is 26.4 Å². The lowest BCUT2D eigenvalue weighted by atomic mass is 10.1. The van der Waals surface area contributed by atoms with Crippen LogP contribution in [0.3, 0.4) is 0 Å². The number of carbonyl (C=O) groups excluding carboxylic acids is 1. The van der Waals surface area contributed by atoms with Crippen molar-refractivity contribution in [2.75, 3.05) is 17.1 Å². The Morgan fingerprint density at radius 3 is 2.47 bits per heavy atom. The minimum Gasteiger partial charge on any atom is -0.495 e. The summed E-state index contributed by atoms with van der Waals surface area (Å²) >= 11 is 0. The summed E-state index contributed by atoms with van der Waals surface area (Å²) in [5.74, 6) is 0.0952. The number of nitrogens with one attached hydrogen (secondary N) is 3. The van der Waals surface area contributed by atoms with Gasteiger partial charge in [0.05, 0.1) is 23.3 Å². The molecule has 0 bridgehead atoms. The molecule has 0 fully saturated rings. The number of ether oxygens (including phenoxy) is 1. The standard InChI is InChI=1S/C24H23N3O4S/c1-15-12-13-17(26-24(28)23-16(2)25-19-9-5-4-8-18(19)23)14-22(15)32(29,30)27-20-10-6-7-11-21(20)31-3/h4-14,25,27H,1-3H3,(H,26,28). The maximum absolute atomic E-state index is 13.1. The average molecular weight is 450 g/mol. The lowest BCUT2D eigenvalue weighted by molar-refractivity contribution is 0.102. The van der Waals surface area contributed by atoms with Crippen molar-refractivity contribution in [1.82, 2.24) is 4.98 Å². The van der Waals surface area contributed by atoms with Crippen LogP contribution in [-0.2, 0) is 10.0 Å². The van der Waals surface area contributed by atoms with E-state index in [9.17, 15) is 13.2 Å². The van der Waals surface area contributed by atoms with Crippen molar-refractivity contribution in [3.63, 3.8) is 0 Å². The summed E-state index contributed by atoms with van der Waals surface area (Å²) < 4.78 is 34.0. The second-order valence-electron chi connectivity index (χ2n) is 7.41. The predicted octanol–water partition coefficient (Wildman–Crippen LogP) is 4.85. The second-order valence-corrected chi connectivity index (χ2v) is 9.06. The zero-order valence-corrected chi connectivity index (χ0v) is 18.7. The number of aromatic nitrogens is 1. The molecule has 1 aromatic heterocycles. The molecule has 0 spiro atoms. The quantitative estimate of drug-likeness (QED) is 0.392. The summed E-state index contributed by atoms with van der Waals surface area (Å²) in [6, 6.07) is 19.1. The molecule has 164 valence electrons. The fourth-order valence-corrected chi connectivity index (χ4v) is 5.00. The molecule has 0 radical (unpaired) electrons. The normalized spacial score (nSPS) is 11.3. The summed E-state index contributed by atoms with van der Waals surface area (Å²) in [5.41, 5.74) is 3.39. The first-order valence-corrected chi connectivity index (χ1v) is 11.4. The van der Waals surface area contributed by atoms with Crippen LogP contribution in [0, 0.1) is 13.8 Å². The number of hydrogen-bond acceptors (Lipinski definition) is 4. The summed E-state index contributed by atoms with van der Waals surface area (Å²) in [4.78, 5) is 16.3. The van der Waals surface area contributed by atoms with Crippen LogP contribution in [0.2, 0.25) is 0 Å². The van der Waals surface area contributed by atoms with E-state index >= 15 is 0 Å². The van der Waals surface area contributed by atoms with Gasteiger partial charge in [0.1, 0.15) is 5.75 Å². The molecule has 3 N–H and O–H groups in total. The number of amides is 1. The smallest absolute Gasteiger partial charge is 0.262 e. The number of sulfonamides is 1. The van der Waals surface area contributed by atoms with Crippen LogP contribution in [0.25, 0.3) is 10.9 Å². The molecule has 0 atom stereocenters. The third kappa shape index (κ3) is 4.04. The molecule has 4 aromatic rings. The number of methoxy groups -OCH3 is 1. The number of benzene rings is 3. The molecule has 0 aliphatic heterocycles. The van der Waals surface area contributed by atoms with Gasteiger partial charge in [-0.25, -0.2) is 8.42 Å². The van der Waals surface area contributed by atoms with Crippen LogP contribution in [0.15, 0.2) is 71.6 Å². The van der Waals surface area contributed by atoms with Crippen molar-refractivity contribution < 1.29 is 17.9 Å². The SMILES string of the molecule is COc1ccccc1NS(=O)(=O)c1cc(NC(=O)c2c(C)[nH]c3ccccc23)ccc1C. The number of aromatic amines is 1. The Balaban J connectivity index is 1.65. The first kappa shape index (κ1) is 21.5. The number of aryl methyl sites for hydroxylation is 2. The van der Waals surface area contributed by atoms with Gasteiger partial charge < -0.3 is 15.0 Å². The number of para-hydroxylation sites is 3. The minimum atomic E-state index is -3.92. The Hall–Kier alpha value is -3.78. The van der Waals surface area contributed by atoms with E-state index in [1.54, 1.807) is 43.3 Å². The van der Waals surface area contributed by atoms with E-state index in [0.29, 0.717) is 28.3 Å². The first-order valence-electron chi connectivity index (χ1n) is 9.95. The second kappa shape index (κ2) is 8.39. The van der Waals surface area contributed by atoms with Gasteiger partial charge in [-0.1, -0.05) is 36.4 Å². The Morgan fingerprint density at radius 1 is 0.969 bits per heavy atom. The van der Waals surface area contributed by atoms with Crippen LogP contribution >= 0.6 is 0 Å². The number of hydrogen-bond donors (Lipinski definition) is 3. The molecule has 1 heterocycles. The lowest BCUT2D eigenvalue weighted by Gasteiger charge is -2.14. The van der Waals surface area contributed by atoms with Crippen molar-refractivity contribution in [3.05, 3.63) is 83.6 Å². The monoisotopic (exact) mass is 449 g/mol. The number of anilines is 2. The van der Waals surface area contributed by atoms with Crippen LogP contribution in [0.5, 0.6) is 5.75 Å². The van der Waals surface area contributed by atoms with Crippen LogP contribution < -0.4 is 14.8 Å². The van der Waals surface area contributed by atoms with Gasteiger partial charge in [-0.2, -0.15) is 0 Å². The third-order valence-corrected chi connectivity index (χ3v) is 6.71. The molecule has 0 saturated heterocycles. The van der Waals surface area contributed by atoms with Gasteiger partial charge in [-0.15, -0.1) is 0 Å². The van der Waals surface area contributed by atoms with Gasteiger partial charge in [0.2, 0.25) is 0 Å². The molecule has 3 aromatic carbocycles. The average Bonchev–Trinajstić information content (AvgIpc) is 3.10. The molecule has 8 heteroatoms. The lowest BCUT2D eigenvalue weighted by Crippen LogP contribution is -2.17. The maximum atomic E-state index is 13.1. The van der Waals surface area contributed by atoms with E-state index in [2.05, 4.69) is 15.0 Å². The first-order chi connectivity index (χ1) is 15.3. The molecule has 0 saturated carbocycles. The summed E-state index contributed by atoms with van der Waals surface area (Å²) in [5, 5.41) is 3.63. The number of fused-ring (bicyclic) bond motifs is 1.